The average molecular weight is 162 g/mol. The normalized spacial score (nSPS) is 71.2. The van der Waals surface area contributed by atoms with Crippen LogP contribution in [0.2, 0.25) is 0 Å². The van der Waals surface area contributed by atoms with Crippen molar-refractivity contribution < 1.29 is 0 Å². The fraction of sp³-hybridized carbons (Fsp3) is 1.00. The summed E-state index contributed by atoms with van der Waals surface area (Å²) in [5, 5.41) is 0. The van der Waals surface area contributed by atoms with Gasteiger partial charge in [0.1, 0.15) is 0 Å². The molecule has 5 fully saturated rings. The Hall–Kier alpha value is 0. The third-order valence-corrected chi connectivity index (χ3v) is 5.57. The Morgan fingerprint density at radius 2 is 1.67 bits per heavy atom. The second-order valence-corrected chi connectivity index (χ2v) is 6.03. The van der Waals surface area contributed by atoms with E-state index in [0.29, 0.717) is 0 Å². The maximum Gasteiger partial charge on any atom is -0.0318 e. The molecule has 66 valence electrons. The summed E-state index contributed by atoms with van der Waals surface area (Å²) in [6.07, 6.45) is 6.48. The van der Waals surface area contributed by atoms with Crippen LogP contribution < -0.4 is 0 Å². The van der Waals surface area contributed by atoms with Crippen LogP contribution in [-0.2, 0) is 0 Å². The van der Waals surface area contributed by atoms with Crippen molar-refractivity contribution in [2.75, 3.05) is 0 Å². The predicted octanol–water partition coefficient (Wildman–Crippen LogP) is 2.93. The Morgan fingerprint density at radius 1 is 0.833 bits per heavy atom. The van der Waals surface area contributed by atoms with E-state index in [2.05, 4.69) is 6.92 Å². The third-order valence-electron chi connectivity index (χ3n) is 5.57. The lowest BCUT2D eigenvalue weighted by atomic mass is 9.68. The van der Waals surface area contributed by atoms with E-state index in [-0.39, 0.29) is 0 Å². The molecule has 0 aromatic carbocycles. The zero-order valence-electron chi connectivity index (χ0n) is 7.87. The van der Waals surface area contributed by atoms with E-state index < -0.39 is 0 Å². The van der Waals surface area contributed by atoms with Crippen LogP contribution in [0.5, 0.6) is 0 Å². The standard InChI is InChI=1S/C12H18/c1-6-2-9-8-3-7(4-8)5-10-11(6)12(9)10/h6-12H,2-5H2,1H3. The number of hydrogen-bond acceptors (Lipinski definition) is 0. The summed E-state index contributed by atoms with van der Waals surface area (Å²) in [7, 11) is 0. The van der Waals surface area contributed by atoms with Gasteiger partial charge in [0.2, 0.25) is 0 Å². The van der Waals surface area contributed by atoms with Gasteiger partial charge in [-0.3, -0.25) is 0 Å². The van der Waals surface area contributed by atoms with Gasteiger partial charge in [0.15, 0.2) is 0 Å². The molecule has 0 aromatic rings. The number of hydrogen-bond donors (Lipinski definition) is 0. The van der Waals surface area contributed by atoms with Gasteiger partial charge in [-0.15, -0.1) is 0 Å². The largest absolute Gasteiger partial charge is 0.0622 e. The summed E-state index contributed by atoms with van der Waals surface area (Å²) in [6.45, 7) is 2.51. The maximum absolute atomic E-state index is 2.51. The molecule has 0 heteroatoms. The molecule has 0 N–H and O–H groups in total. The van der Waals surface area contributed by atoms with E-state index in [1.807, 2.05) is 0 Å². The van der Waals surface area contributed by atoms with Crippen molar-refractivity contribution in [3.05, 3.63) is 0 Å². The highest BCUT2D eigenvalue weighted by Crippen LogP contribution is 2.72. The highest BCUT2D eigenvalue weighted by atomic mass is 14.7. The molecule has 0 nitrogen and oxygen atoms in total. The summed E-state index contributed by atoms with van der Waals surface area (Å²) >= 11 is 0. The van der Waals surface area contributed by atoms with Gasteiger partial charge in [0.05, 0.1) is 0 Å². The molecule has 5 rings (SSSR count). The second-order valence-electron chi connectivity index (χ2n) is 6.03. The van der Waals surface area contributed by atoms with Gasteiger partial charge in [0.25, 0.3) is 0 Å². The van der Waals surface area contributed by atoms with Gasteiger partial charge in [-0.2, -0.15) is 0 Å². The molecule has 5 atom stereocenters. The topological polar surface area (TPSA) is 0 Å². The average Bonchev–Trinajstić information content (AvgIpc) is 2.58. The summed E-state index contributed by atoms with van der Waals surface area (Å²) < 4.78 is 0. The lowest BCUT2D eigenvalue weighted by Crippen LogP contribution is -2.27. The first-order valence-electron chi connectivity index (χ1n) is 5.84. The van der Waals surface area contributed by atoms with E-state index in [1.165, 1.54) is 35.5 Å². The summed E-state index contributed by atoms with van der Waals surface area (Å²) in [4.78, 5) is 0. The third kappa shape index (κ3) is 0.561. The van der Waals surface area contributed by atoms with Crippen molar-refractivity contribution in [1.82, 2.24) is 0 Å². The fourth-order valence-electron chi connectivity index (χ4n) is 5.11. The van der Waals surface area contributed by atoms with Crippen LogP contribution in [-0.4, -0.2) is 0 Å². The Morgan fingerprint density at radius 3 is 2.50 bits per heavy atom. The smallest absolute Gasteiger partial charge is 0.0318 e. The van der Waals surface area contributed by atoms with Crippen molar-refractivity contribution in [2.45, 2.75) is 32.6 Å². The van der Waals surface area contributed by atoms with E-state index in [1.54, 1.807) is 25.7 Å². The Labute approximate surface area is 74.7 Å². The predicted molar refractivity (Wildman–Crippen MR) is 48.6 cm³/mol. The van der Waals surface area contributed by atoms with Crippen LogP contribution in [0.1, 0.15) is 32.6 Å². The Bertz CT molecular complexity index is 226. The zero-order chi connectivity index (χ0) is 7.87. The summed E-state index contributed by atoms with van der Waals surface area (Å²) in [6, 6.07) is 0. The zero-order valence-corrected chi connectivity index (χ0v) is 7.87. The highest BCUT2D eigenvalue weighted by Gasteiger charge is 2.66. The Balaban J connectivity index is 1.73. The molecular formula is C12H18. The minimum atomic E-state index is 1.10. The van der Waals surface area contributed by atoms with Crippen molar-refractivity contribution in [1.29, 1.82) is 0 Å². The van der Waals surface area contributed by atoms with Crippen molar-refractivity contribution in [2.24, 2.45) is 41.4 Å². The van der Waals surface area contributed by atoms with Crippen molar-refractivity contribution >= 4 is 0 Å². The van der Waals surface area contributed by atoms with E-state index in [0.717, 1.165) is 5.92 Å². The monoisotopic (exact) mass is 162 g/mol. The van der Waals surface area contributed by atoms with Crippen LogP contribution in [0.25, 0.3) is 0 Å². The first-order valence-corrected chi connectivity index (χ1v) is 5.84. The first kappa shape index (κ1) is 6.45. The molecule has 0 heterocycles. The summed E-state index contributed by atoms with van der Waals surface area (Å²) in [5.41, 5.74) is 0. The molecule has 0 saturated heterocycles. The molecule has 0 aromatic heterocycles. The van der Waals surface area contributed by atoms with E-state index in [4.69, 9.17) is 0 Å². The van der Waals surface area contributed by atoms with Gasteiger partial charge in [-0.25, -0.2) is 0 Å². The molecule has 0 radical (unpaired) electrons. The van der Waals surface area contributed by atoms with Crippen LogP contribution in [0.15, 0.2) is 0 Å². The van der Waals surface area contributed by atoms with Gasteiger partial charge >= 0.3 is 0 Å². The fourth-order valence-corrected chi connectivity index (χ4v) is 5.11. The maximum atomic E-state index is 2.51. The van der Waals surface area contributed by atoms with E-state index >= 15 is 0 Å². The van der Waals surface area contributed by atoms with Crippen LogP contribution in [0.3, 0.4) is 0 Å². The molecule has 2 bridgehead atoms. The van der Waals surface area contributed by atoms with Crippen LogP contribution >= 0.6 is 0 Å². The molecule has 0 aliphatic heterocycles. The van der Waals surface area contributed by atoms with E-state index in [9.17, 15) is 0 Å². The second kappa shape index (κ2) is 1.76. The Kier molecular flexibility index (Phi) is 0.946. The van der Waals surface area contributed by atoms with Crippen molar-refractivity contribution in [3.8, 4) is 0 Å². The molecule has 5 saturated carbocycles. The first-order chi connectivity index (χ1) is 5.84. The quantitative estimate of drug-likeness (QED) is 0.514. The molecule has 12 heavy (non-hydrogen) atoms. The SMILES string of the molecule is CC1CC2C3CC(C3)CC3C1C23. The van der Waals surface area contributed by atoms with Gasteiger partial charge in [-0.05, 0) is 67.1 Å². The van der Waals surface area contributed by atoms with Crippen LogP contribution in [0, 0.1) is 41.4 Å². The molecule has 5 aliphatic carbocycles. The lowest BCUT2D eigenvalue weighted by molar-refractivity contribution is 0.133. The molecule has 0 spiro atoms. The molecule has 0 amide bonds. The van der Waals surface area contributed by atoms with Crippen molar-refractivity contribution in [3.63, 3.8) is 0 Å². The minimum Gasteiger partial charge on any atom is -0.0622 e. The van der Waals surface area contributed by atoms with Crippen LogP contribution in [0.4, 0.5) is 0 Å². The summed E-state index contributed by atoms with van der Waals surface area (Å²) in [5.74, 6) is 8.34. The molecular weight excluding hydrogens is 144 g/mol. The molecule has 5 unspecified atom stereocenters. The molecule has 5 aliphatic rings. The number of rotatable bonds is 0. The van der Waals surface area contributed by atoms with Gasteiger partial charge in [0, 0.05) is 0 Å². The minimum absolute atomic E-state index is 1.10. The van der Waals surface area contributed by atoms with Gasteiger partial charge in [-0.1, -0.05) is 6.92 Å². The highest BCUT2D eigenvalue weighted by molar-refractivity contribution is 5.14. The lowest BCUT2D eigenvalue weighted by Gasteiger charge is -2.37. The van der Waals surface area contributed by atoms with Gasteiger partial charge < -0.3 is 0 Å².